The van der Waals surface area contributed by atoms with Gasteiger partial charge < -0.3 is 14.4 Å². The summed E-state index contributed by atoms with van der Waals surface area (Å²) in [6, 6.07) is 5.15. The van der Waals surface area contributed by atoms with Crippen LogP contribution in [-0.4, -0.2) is 21.3 Å². The number of rotatable bonds is 4. The number of hydrogen-bond acceptors (Lipinski definition) is 4. The minimum atomic E-state index is 0.540. The molecule has 0 radical (unpaired) electrons. The molecule has 0 fully saturated rings. The Hall–Kier alpha value is -1.42. The van der Waals surface area contributed by atoms with Gasteiger partial charge >= 0.3 is 0 Å². The van der Waals surface area contributed by atoms with E-state index in [9.17, 15) is 0 Å². The second-order valence-electron chi connectivity index (χ2n) is 2.30. The zero-order chi connectivity index (χ0) is 9.68. The van der Waals surface area contributed by atoms with Gasteiger partial charge in [-0.2, -0.15) is 4.89 Å². The van der Waals surface area contributed by atoms with Crippen LogP contribution in [0.25, 0.3) is 0 Å². The van der Waals surface area contributed by atoms with Gasteiger partial charge in [-0.1, -0.05) is 0 Å². The predicted molar refractivity (Wildman–Crippen MR) is 47.2 cm³/mol. The molecule has 0 atom stereocenters. The van der Waals surface area contributed by atoms with Crippen LogP contribution in [0.5, 0.6) is 17.2 Å². The molecule has 72 valence electrons. The average molecular weight is 184 g/mol. The van der Waals surface area contributed by atoms with Gasteiger partial charge in [-0.3, -0.25) is 0 Å². The van der Waals surface area contributed by atoms with Crippen molar-refractivity contribution in [1.82, 2.24) is 0 Å². The van der Waals surface area contributed by atoms with Gasteiger partial charge in [-0.15, -0.1) is 0 Å². The summed E-state index contributed by atoms with van der Waals surface area (Å²) >= 11 is 0. The highest BCUT2D eigenvalue weighted by Crippen LogP contribution is 2.27. The summed E-state index contributed by atoms with van der Waals surface area (Å²) in [5.74, 6) is 1.86. The fourth-order valence-corrected chi connectivity index (χ4v) is 0.926. The molecule has 0 aliphatic heterocycles. The van der Waals surface area contributed by atoms with Crippen LogP contribution in [0.1, 0.15) is 0 Å². The maximum absolute atomic E-state index is 5.03. The Kier molecular flexibility index (Phi) is 3.40. The van der Waals surface area contributed by atoms with Crippen LogP contribution in [0.2, 0.25) is 0 Å². The highest BCUT2D eigenvalue weighted by molar-refractivity contribution is 5.41. The van der Waals surface area contributed by atoms with Gasteiger partial charge in [0.05, 0.1) is 21.3 Å². The molecule has 4 nitrogen and oxygen atoms in total. The normalized spacial score (nSPS) is 9.46. The molecule has 0 saturated heterocycles. The van der Waals surface area contributed by atoms with E-state index in [4.69, 9.17) is 14.4 Å². The fourth-order valence-electron chi connectivity index (χ4n) is 0.926. The average Bonchev–Trinajstić information content (AvgIpc) is 2.17. The monoisotopic (exact) mass is 184 g/mol. The topological polar surface area (TPSA) is 36.9 Å². The lowest BCUT2D eigenvalue weighted by molar-refractivity contribution is -0.178. The molecule has 0 aromatic heterocycles. The summed E-state index contributed by atoms with van der Waals surface area (Å²) in [4.78, 5) is 9.35. The van der Waals surface area contributed by atoms with E-state index in [-0.39, 0.29) is 0 Å². The lowest BCUT2D eigenvalue weighted by Crippen LogP contribution is -1.93. The summed E-state index contributed by atoms with van der Waals surface area (Å²) < 4.78 is 10.1. The van der Waals surface area contributed by atoms with Crippen LogP contribution in [-0.2, 0) is 4.89 Å². The quantitative estimate of drug-likeness (QED) is 0.526. The minimum absolute atomic E-state index is 0.540. The van der Waals surface area contributed by atoms with Crippen molar-refractivity contribution in [1.29, 1.82) is 0 Å². The first kappa shape index (κ1) is 9.67. The van der Waals surface area contributed by atoms with Gasteiger partial charge in [-0.25, -0.2) is 0 Å². The van der Waals surface area contributed by atoms with E-state index < -0.39 is 0 Å². The predicted octanol–water partition coefficient (Wildman–Crippen LogP) is 1.64. The fraction of sp³-hybridized carbons (Fsp3) is 0.333. The Labute approximate surface area is 76.9 Å². The number of ether oxygens (including phenoxy) is 2. The second-order valence-corrected chi connectivity index (χ2v) is 2.30. The Morgan fingerprint density at radius 1 is 0.769 bits per heavy atom. The lowest BCUT2D eigenvalue weighted by atomic mass is 10.3. The highest BCUT2D eigenvalue weighted by Gasteiger charge is 2.02. The van der Waals surface area contributed by atoms with Crippen LogP contribution in [0.15, 0.2) is 18.2 Å². The number of benzene rings is 1. The van der Waals surface area contributed by atoms with E-state index in [2.05, 4.69) is 4.89 Å². The van der Waals surface area contributed by atoms with Crippen molar-refractivity contribution in [3.05, 3.63) is 18.2 Å². The van der Waals surface area contributed by atoms with Crippen molar-refractivity contribution >= 4 is 0 Å². The molecule has 0 spiro atoms. The van der Waals surface area contributed by atoms with Gasteiger partial charge in [0.25, 0.3) is 0 Å². The summed E-state index contributed by atoms with van der Waals surface area (Å²) in [5, 5.41) is 0. The van der Waals surface area contributed by atoms with Crippen molar-refractivity contribution in [2.45, 2.75) is 0 Å². The summed E-state index contributed by atoms with van der Waals surface area (Å²) in [7, 11) is 4.59. The third-order valence-electron chi connectivity index (χ3n) is 1.50. The molecule has 1 aromatic rings. The maximum atomic E-state index is 5.03. The van der Waals surface area contributed by atoms with Crippen molar-refractivity contribution < 1.29 is 19.2 Å². The molecule has 4 heteroatoms. The summed E-state index contributed by atoms with van der Waals surface area (Å²) in [6.07, 6.45) is 0. The largest absolute Gasteiger partial charge is 0.496 e. The third kappa shape index (κ3) is 2.52. The smallest absolute Gasteiger partial charge is 0.172 e. The second kappa shape index (κ2) is 4.57. The van der Waals surface area contributed by atoms with E-state index in [1.807, 2.05) is 0 Å². The van der Waals surface area contributed by atoms with Crippen molar-refractivity contribution in [2.24, 2.45) is 0 Å². The van der Waals surface area contributed by atoms with Gasteiger partial charge in [0.1, 0.15) is 11.5 Å². The molecule has 0 heterocycles. The Morgan fingerprint density at radius 2 is 1.23 bits per heavy atom. The van der Waals surface area contributed by atoms with Crippen molar-refractivity contribution in [3.63, 3.8) is 0 Å². The first-order valence-electron chi connectivity index (χ1n) is 3.74. The lowest BCUT2D eigenvalue weighted by Gasteiger charge is -2.06. The molecule has 0 aliphatic carbocycles. The van der Waals surface area contributed by atoms with Crippen molar-refractivity contribution in [3.8, 4) is 17.2 Å². The van der Waals surface area contributed by atoms with E-state index in [0.717, 1.165) is 0 Å². The number of hydrogen-bond donors (Lipinski definition) is 0. The minimum Gasteiger partial charge on any atom is -0.496 e. The molecule has 0 N–H and O–H groups in total. The zero-order valence-electron chi connectivity index (χ0n) is 7.87. The van der Waals surface area contributed by atoms with E-state index >= 15 is 0 Å². The first-order valence-corrected chi connectivity index (χ1v) is 3.74. The third-order valence-corrected chi connectivity index (χ3v) is 1.50. The molecule has 0 unspecified atom stereocenters. The molecule has 0 bridgehead atoms. The Morgan fingerprint density at radius 3 is 1.62 bits per heavy atom. The maximum Gasteiger partial charge on any atom is 0.172 e. The van der Waals surface area contributed by atoms with Crippen LogP contribution in [0, 0.1) is 0 Å². The van der Waals surface area contributed by atoms with Crippen LogP contribution in [0.4, 0.5) is 0 Å². The van der Waals surface area contributed by atoms with E-state index in [0.29, 0.717) is 17.2 Å². The van der Waals surface area contributed by atoms with Gasteiger partial charge in [0.2, 0.25) is 0 Å². The standard InChI is InChI=1S/C9H12O4/c1-10-7-4-8(11-2)6-9(5-7)13-12-3/h4-6H,1-3H3. The molecule has 1 rings (SSSR count). The first-order chi connectivity index (χ1) is 6.30. The molecule has 0 saturated carbocycles. The summed E-state index contributed by atoms with van der Waals surface area (Å²) in [5.41, 5.74) is 0. The molecule has 1 aromatic carbocycles. The van der Waals surface area contributed by atoms with Crippen LogP contribution in [0.3, 0.4) is 0 Å². The van der Waals surface area contributed by atoms with Gasteiger partial charge in [-0.05, 0) is 0 Å². The highest BCUT2D eigenvalue weighted by atomic mass is 17.2. The van der Waals surface area contributed by atoms with E-state index in [1.54, 1.807) is 32.4 Å². The SMILES string of the molecule is COOc1cc(OC)cc(OC)c1. The molecule has 13 heavy (non-hydrogen) atoms. The molecule has 0 amide bonds. The molecular formula is C9H12O4. The van der Waals surface area contributed by atoms with E-state index in [1.165, 1.54) is 7.11 Å². The van der Waals surface area contributed by atoms with Crippen molar-refractivity contribution in [2.75, 3.05) is 21.3 Å². The van der Waals surface area contributed by atoms with Crippen LogP contribution >= 0.6 is 0 Å². The van der Waals surface area contributed by atoms with Crippen LogP contribution < -0.4 is 14.4 Å². The molecular weight excluding hydrogens is 172 g/mol. The zero-order valence-corrected chi connectivity index (χ0v) is 7.87. The van der Waals surface area contributed by atoms with Gasteiger partial charge in [0, 0.05) is 18.2 Å². The number of methoxy groups -OCH3 is 2. The summed E-state index contributed by atoms with van der Waals surface area (Å²) in [6.45, 7) is 0. The Balaban J connectivity index is 2.93. The molecule has 0 aliphatic rings. The van der Waals surface area contributed by atoms with Gasteiger partial charge in [0.15, 0.2) is 5.75 Å². The Bertz CT molecular complexity index is 250.